The molecule has 1 N–H and O–H groups in total. The minimum Gasteiger partial charge on any atom is -0.481 e. The van der Waals surface area contributed by atoms with Crippen LogP contribution in [-0.2, 0) is 16.1 Å². The fraction of sp³-hybridized carbons (Fsp3) is 0.286. The Labute approximate surface area is 122 Å². The Morgan fingerprint density at radius 3 is 2.55 bits per heavy atom. The molecule has 1 rings (SSSR count). The third-order valence-corrected chi connectivity index (χ3v) is 2.72. The van der Waals surface area contributed by atoms with Crippen LogP contribution in [0.4, 0.5) is 4.79 Å². The molecule has 0 heterocycles. The summed E-state index contributed by atoms with van der Waals surface area (Å²) >= 11 is 5.79. The lowest BCUT2D eigenvalue weighted by atomic mass is 10.2. The quantitative estimate of drug-likeness (QED) is 0.786. The van der Waals surface area contributed by atoms with E-state index in [1.165, 1.54) is 11.0 Å². The zero-order chi connectivity index (χ0) is 15.0. The van der Waals surface area contributed by atoms with Gasteiger partial charge in [-0.3, -0.25) is 4.79 Å². The van der Waals surface area contributed by atoms with E-state index in [9.17, 15) is 9.59 Å². The summed E-state index contributed by atoms with van der Waals surface area (Å²) in [7, 11) is 0. The molecule has 5 nitrogen and oxygen atoms in total. The van der Waals surface area contributed by atoms with Crippen LogP contribution < -0.4 is 0 Å². The largest absolute Gasteiger partial charge is 0.481 e. The molecule has 0 atom stereocenters. The Morgan fingerprint density at radius 2 is 2.00 bits per heavy atom. The van der Waals surface area contributed by atoms with Crippen molar-refractivity contribution in [2.24, 2.45) is 0 Å². The number of carboxylic acid groups (broad SMARTS) is 1. The molecule has 108 valence electrons. The van der Waals surface area contributed by atoms with E-state index in [0.717, 1.165) is 5.56 Å². The second-order valence-electron chi connectivity index (χ2n) is 4.06. The normalized spacial score (nSPS) is 9.85. The molecular formula is C14H16ClNO4. The molecule has 20 heavy (non-hydrogen) atoms. The van der Waals surface area contributed by atoms with Gasteiger partial charge in [0.25, 0.3) is 0 Å². The first-order chi connectivity index (χ1) is 9.52. The maximum Gasteiger partial charge on any atom is 0.410 e. The van der Waals surface area contributed by atoms with E-state index in [-0.39, 0.29) is 26.1 Å². The third-order valence-electron chi connectivity index (χ3n) is 2.47. The van der Waals surface area contributed by atoms with Crippen LogP contribution in [0, 0.1) is 0 Å². The van der Waals surface area contributed by atoms with Gasteiger partial charge in [0.05, 0.1) is 6.42 Å². The Bertz CT molecular complexity index is 473. The molecule has 1 aromatic rings. The second kappa shape index (κ2) is 8.22. The number of hydrogen-bond acceptors (Lipinski definition) is 3. The van der Waals surface area contributed by atoms with E-state index < -0.39 is 12.1 Å². The highest BCUT2D eigenvalue weighted by atomic mass is 35.5. The zero-order valence-corrected chi connectivity index (χ0v) is 11.7. The molecular weight excluding hydrogens is 282 g/mol. The van der Waals surface area contributed by atoms with Gasteiger partial charge in [0, 0.05) is 18.1 Å². The van der Waals surface area contributed by atoms with Gasteiger partial charge < -0.3 is 14.7 Å². The lowest BCUT2D eigenvalue weighted by Crippen LogP contribution is -2.33. The van der Waals surface area contributed by atoms with Gasteiger partial charge in [-0.25, -0.2) is 4.79 Å². The standard InChI is InChI=1S/C14H16ClNO4/c1-2-9-20-14(19)16(8-7-13(17)18)10-11-3-5-12(15)6-4-11/h2-6H,1,7-10H2,(H,17,18). The van der Waals surface area contributed by atoms with Crippen LogP contribution in [0.3, 0.4) is 0 Å². The monoisotopic (exact) mass is 297 g/mol. The molecule has 0 spiro atoms. The number of carboxylic acids is 1. The van der Waals surface area contributed by atoms with Crippen molar-refractivity contribution in [2.45, 2.75) is 13.0 Å². The Balaban J connectivity index is 2.70. The first-order valence-corrected chi connectivity index (χ1v) is 6.39. The third kappa shape index (κ3) is 5.75. The van der Waals surface area contributed by atoms with Crippen molar-refractivity contribution in [1.29, 1.82) is 0 Å². The van der Waals surface area contributed by atoms with Gasteiger partial charge in [-0.05, 0) is 17.7 Å². The number of amides is 1. The molecule has 0 bridgehead atoms. The minimum atomic E-state index is -0.970. The van der Waals surface area contributed by atoms with Gasteiger partial charge in [-0.15, -0.1) is 0 Å². The van der Waals surface area contributed by atoms with E-state index in [0.29, 0.717) is 5.02 Å². The Morgan fingerprint density at radius 1 is 1.35 bits per heavy atom. The average molecular weight is 298 g/mol. The number of benzene rings is 1. The summed E-state index contributed by atoms with van der Waals surface area (Å²) in [6.45, 7) is 3.88. The van der Waals surface area contributed by atoms with Crippen LogP contribution in [-0.4, -0.2) is 35.2 Å². The SMILES string of the molecule is C=CCOC(=O)N(CCC(=O)O)Cc1ccc(Cl)cc1. The molecule has 0 aromatic heterocycles. The number of aliphatic carboxylic acids is 1. The van der Waals surface area contributed by atoms with E-state index in [4.69, 9.17) is 21.4 Å². The van der Waals surface area contributed by atoms with E-state index in [1.54, 1.807) is 24.3 Å². The first kappa shape index (κ1) is 16.0. The predicted octanol–water partition coefficient (Wildman–Crippen LogP) is 2.94. The van der Waals surface area contributed by atoms with Crippen molar-refractivity contribution in [3.63, 3.8) is 0 Å². The summed E-state index contributed by atoms with van der Waals surface area (Å²) in [4.78, 5) is 23.8. The van der Waals surface area contributed by atoms with E-state index >= 15 is 0 Å². The topological polar surface area (TPSA) is 66.8 Å². The van der Waals surface area contributed by atoms with Gasteiger partial charge >= 0.3 is 12.1 Å². The number of nitrogens with zero attached hydrogens (tertiary/aromatic N) is 1. The van der Waals surface area contributed by atoms with Crippen molar-refractivity contribution in [1.82, 2.24) is 4.90 Å². The molecule has 1 aromatic carbocycles. The molecule has 6 heteroatoms. The van der Waals surface area contributed by atoms with Crippen molar-refractivity contribution >= 4 is 23.7 Å². The molecule has 0 radical (unpaired) electrons. The fourth-order valence-electron chi connectivity index (χ4n) is 1.50. The van der Waals surface area contributed by atoms with Gasteiger partial charge in [-0.2, -0.15) is 0 Å². The molecule has 0 saturated carbocycles. The van der Waals surface area contributed by atoms with Crippen LogP contribution >= 0.6 is 11.6 Å². The van der Waals surface area contributed by atoms with Gasteiger partial charge in [0.2, 0.25) is 0 Å². The van der Waals surface area contributed by atoms with Gasteiger partial charge in [-0.1, -0.05) is 36.4 Å². The van der Waals surface area contributed by atoms with Gasteiger partial charge in [0.1, 0.15) is 6.61 Å². The number of rotatable bonds is 7. The van der Waals surface area contributed by atoms with Gasteiger partial charge in [0.15, 0.2) is 0 Å². The number of carbonyl (C=O) groups excluding carboxylic acids is 1. The van der Waals surface area contributed by atoms with Crippen LogP contribution in [0.2, 0.25) is 5.02 Å². The molecule has 0 aliphatic heterocycles. The van der Waals surface area contributed by atoms with Crippen molar-refractivity contribution in [3.05, 3.63) is 47.5 Å². The summed E-state index contributed by atoms with van der Waals surface area (Å²) < 4.78 is 4.93. The zero-order valence-electron chi connectivity index (χ0n) is 10.9. The first-order valence-electron chi connectivity index (χ1n) is 6.01. The fourth-order valence-corrected chi connectivity index (χ4v) is 1.62. The number of carbonyl (C=O) groups is 2. The van der Waals surface area contributed by atoms with Crippen molar-refractivity contribution < 1.29 is 19.4 Å². The molecule has 0 unspecified atom stereocenters. The molecule has 0 aliphatic rings. The Kier molecular flexibility index (Phi) is 6.59. The highest BCUT2D eigenvalue weighted by Gasteiger charge is 2.16. The molecule has 1 amide bonds. The van der Waals surface area contributed by atoms with Crippen LogP contribution in [0.15, 0.2) is 36.9 Å². The Hall–Kier alpha value is -2.01. The number of hydrogen-bond donors (Lipinski definition) is 1. The highest BCUT2D eigenvalue weighted by molar-refractivity contribution is 6.30. The molecule has 0 fully saturated rings. The summed E-state index contributed by atoms with van der Waals surface area (Å²) in [6.07, 6.45) is 0.743. The summed E-state index contributed by atoms with van der Waals surface area (Å²) in [5.74, 6) is -0.970. The maximum atomic E-state index is 11.8. The molecule has 0 aliphatic carbocycles. The number of halogens is 1. The predicted molar refractivity (Wildman–Crippen MR) is 75.7 cm³/mol. The smallest absolute Gasteiger partial charge is 0.410 e. The number of ether oxygens (including phenoxy) is 1. The summed E-state index contributed by atoms with van der Waals surface area (Å²) in [6, 6.07) is 6.97. The van der Waals surface area contributed by atoms with Crippen LogP contribution in [0.5, 0.6) is 0 Å². The second-order valence-corrected chi connectivity index (χ2v) is 4.49. The minimum absolute atomic E-state index is 0.0773. The lowest BCUT2D eigenvalue weighted by Gasteiger charge is -2.21. The summed E-state index contributed by atoms with van der Waals surface area (Å²) in [5, 5.41) is 9.31. The van der Waals surface area contributed by atoms with E-state index in [2.05, 4.69) is 6.58 Å². The molecule has 0 saturated heterocycles. The highest BCUT2D eigenvalue weighted by Crippen LogP contribution is 2.12. The average Bonchev–Trinajstić information content (AvgIpc) is 2.42. The van der Waals surface area contributed by atoms with Crippen molar-refractivity contribution in [2.75, 3.05) is 13.2 Å². The lowest BCUT2D eigenvalue weighted by molar-refractivity contribution is -0.137. The van der Waals surface area contributed by atoms with E-state index in [1.807, 2.05) is 0 Å². The van der Waals surface area contributed by atoms with Crippen LogP contribution in [0.1, 0.15) is 12.0 Å². The summed E-state index contributed by atoms with van der Waals surface area (Å²) in [5.41, 5.74) is 0.843. The maximum absolute atomic E-state index is 11.8. The van der Waals surface area contributed by atoms with Crippen LogP contribution in [0.25, 0.3) is 0 Å². The van der Waals surface area contributed by atoms with Crippen molar-refractivity contribution in [3.8, 4) is 0 Å².